The highest BCUT2D eigenvalue weighted by Crippen LogP contribution is 2.41. The summed E-state index contributed by atoms with van der Waals surface area (Å²) in [6.07, 6.45) is -7.65. The molecule has 41 heavy (non-hydrogen) atoms. The van der Waals surface area contributed by atoms with Gasteiger partial charge in [0, 0.05) is 19.2 Å². The highest BCUT2D eigenvalue weighted by atomic mass is 35.5. The molecule has 10 atom stereocenters. The Hall–Kier alpha value is -1.62. The summed E-state index contributed by atoms with van der Waals surface area (Å²) in [6.45, 7) is 6.86. The van der Waals surface area contributed by atoms with Crippen molar-refractivity contribution in [2.75, 3.05) is 14.2 Å². The number of aliphatic hydroxyl groups is 2. The Labute approximate surface area is 241 Å². The van der Waals surface area contributed by atoms with Crippen molar-refractivity contribution < 1.29 is 48.1 Å². The third-order valence-electron chi connectivity index (χ3n) is 8.08. The maximum Gasteiger partial charge on any atom is 0.329 e. The van der Waals surface area contributed by atoms with E-state index in [0.717, 1.165) is 0 Å². The average molecular weight is 601 g/mol. The fourth-order valence-corrected chi connectivity index (χ4v) is 6.56. The van der Waals surface area contributed by atoms with Crippen molar-refractivity contribution in [2.24, 2.45) is 0 Å². The number of aliphatic hydroxyl groups excluding tert-OH is 2. The first-order valence-electron chi connectivity index (χ1n) is 13.6. The van der Waals surface area contributed by atoms with Gasteiger partial charge in [-0.2, -0.15) is 0 Å². The van der Waals surface area contributed by atoms with Crippen molar-refractivity contribution in [3.63, 3.8) is 0 Å². The van der Waals surface area contributed by atoms with E-state index in [1.165, 1.54) is 23.4 Å². The monoisotopic (exact) mass is 600 g/mol. The molecule has 0 bridgehead atoms. The van der Waals surface area contributed by atoms with Crippen LogP contribution in [0.5, 0.6) is 0 Å². The highest BCUT2D eigenvalue weighted by Gasteiger charge is 2.58. The third-order valence-corrected chi connectivity index (χ3v) is 8.31. The van der Waals surface area contributed by atoms with Gasteiger partial charge in [-0.25, -0.2) is 4.79 Å². The first-order chi connectivity index (χ1) is 19.3. The van der Waals surface area contributed by atoms with Gasteiger partial charge in [0.1, 0.15) is 48.8 Å². The van der Waals surface area contributed by atoms with Crippen LogP contribution in [-0.4, -0.2) is 107 Å². The summed E-state index contributed by atoms with van der Waals surface area (Å²) in [7, 11) is 3.02. The zero-order chi connectivity index (χ0) is 29.4. The molecule has 0 amide bonds. The molecule has 2 aromatic rings. The number of nitrogens with zero attached hydrogens (tertiary/aromatic N) is 2. The number of halogens is 1. The summed E-state index contributed by atoms with van der Waals surface area (Å²) in [5.41, 5.74) is 0.546. The molecule has 6 rings (SSSR count). The number of hydrogen-bond acceptors (Lipinski definition) is 11. The molecule has 4 aliphatic rings. The van der Waals surface area contributed by atoms with E-state index in [1.54, 1.807) is 45.9 Å². The van der Waals surface area contributed by atoms with Gasteiger partial charge >= 0.3 is 5.69 Å². The number of benzene rings is 1. The van der Waals surface area contributed by atoms with Crippen LogP contribution in [0.25, 0.3) is 11.0 Å². The van der Waals surface area contributed by atoms with Gasteiger partial charge in [-0.15, -0.1) is 0 Å². The molecule has 0 saturated carbocycles. The number of imidazole rings is 1. The van der Waals surface area contributed by atoms with Gasteiger partial charge in [0.2, 0.25) is 0 Å². The molecule has 228 valence electrons. The molecule has 2 N–H and O–H groups in total. The maximum atomic E-state index is 13.8. The SMILES string of the molecule is CO[C@@H]1[C@H]2OC(C)(C)O[C@H]2O[C@@H]1C(O)Cn1c(=O)n(CC(O)[C@H]2OC3OC(C)(C)OC3[C@H]2OC)c2ccc(Cl)cc21. The predicted octanol–water partition coefficient (Wildman–Crippen LogP) is 0.961. The Kier molecular flexibility index (Phi) is 7.56. The zero-order valence-electron chi connectivity index (χ0n) is 23.8. The minimum atomic E-state index is -1.16. The third kappa shape index (κ3) is 5.14. The summed E-state index contributed by atoms with van der Waals surface area (Å²) >= 11 is 6.30. The molecule has 4 fully saturated rings. The van der Waals surface area contributed by atoms with Crippen LogP contribution in [0.2, 0.25) is 5.02 Å². The Morgan fingerprint density at radius 1 is 0.829 bits per heavy atom. The van der Waals surface area contributed by atoms with Crippen molar-refractivity contribution >= 4 is 22.6 Å². The number of hydrogen-bond donors (Lipinski definition) is 2. The lowest BCUT2D eigenvalue weighted by molar-refractivity contribution is -0.228. The summed E-state index contributed by atoms with van der Waals surface area (Å²) < 4.78 is 49.5. The second-order valence-corrected chi connectivity index (χ2v) is 12.2. The second-order valence-electron chi connectivity index (χ2n) is 11.8. The van der Waals surface area contributed by atoms with Crippen molar-refractivity contribution in [2.45, 2.75) is 114 Å². The van der Waals surface area contributed by atoms with Crippen LogP contribution in [0.1, 0.15) is 27.7 Å². The first-order valence-corrected chi connectivity index (χ1v) is 14.0. The molecule has 4 aliphatic heterocycles. The van der Waals surface area contributed by atoms with Gasteiger partial charge in [-0.3, -0.25) is 9.13 Å². The first kappa shape index (κ1) is 29.5. The summed E-state index contributed by atoms with van der Waals surface area (Å²) in [5.74, 6) is -1.69. The van der Waals surface area contributed by atoms with Crippen molar-refractivity contribution in [1.29, 1.82) is 0 Å². The summed E-state index contributed by atoms with van der Waals surface area (Å²) in [4.78, 5) is 13.8. The number of methoxy groups -OCH3 is 2. The van der Waals surface area contributed by atoms with Gasteiger partial charge in [-0.05, 0) is 45.9 Å². The van der Waals surface area contributed by atoms with E-state index >= 15 is 0 Å². The quantitative estimate of drug-likeness (QED) is 0.447. The molecular formula is C27H37ClN2O11. The number of aromatic nitrogens is 2. The van der Waals surface area contributed by atoms with Crippen LogP contribution in [0.15, 0.2) is 23.0 Å². The van der Waals surface area contributed by atoms with Gasteiger partial charge in [-0.1, -0.05) is 11.6 Å². The molecule has 0 radical (unpaired) electrons. The van der Waals surface area contributed by atoms with Crippen LogP contribution in [0.4, 0.5) is 0 Å². The minimum Gasteiger partial charge on any atom is -0.388 e. The van der Waals surface area contributed by atoms with Gasteiger partial charge in [0.25, 0.3) is 0 Å². The van der Waals surface area contributed by atoms with Crippen molar-refractivity contribution in [3.8, 4) is 0 Å². The van der Waals surface area contributed by atoms with E-state index in [2.05, 4.69) is 0 Å². The number of fused-ring (bicyclic) bond motifs is 3. The minimum absolute atomic E-state index is 0.116. The predicted molar refractivity (Wildman–Crippen MR) is 142 cm³/mol. The standard InChI is InChI=1S/C27H37ClN2O11/c1-26(2)38-21-19(34-5)17(36-23(21)40-26)15(31)10-29-13-8-7-12(28)9-14(13)30(25(29)33)11-16(32)18-20(35-6)22-24(37-18)41-27(3,4)39-22/h7-9,15-24,31-32H,10-11H2,1-6H3/t15?,16?,17-,18-,19+,20+,21?,22-,23?,24-/m1/s1. The van der Waals surface area contributed by atoms with Gasteiger partial charge in [0.05, 0.1) is 24.1 Å². The Balaban J connectivity index is 1.25. The molecule has 13 nitrogen and oxygen atoms in total. The van der Waals surface area contributed by atoms with Crippen LogP contribution < -0.4 is 5.69 Å². The van der Waals surface area contributed by atoms with E-state index in [-0.39, 0.29) is 13.1 Å². The molecule has 5 heterocycles. The smallest absolute Gasteiger partial charge is 0.329 e. The molecule has 4 unspecified atom stereocenters. The lowest BCUT2D eigenvalue weighted by Gasteiger charge is -2.28. The Morgan fingerprint density at radius 3 is 1.76 bits per heavy atom. The van der Waals surface area contributed by atoms with Crippen LogP contribution >= 0.6 is 11.6 Å². The van der Waals surface area contributed by atoms with Crippen LogP contribution in [0.3, 0.4) is 0 Å². The Morgan fingerprint density at radius 2 is 1.29 bits per heavy atom. The van der Waals surface area contributed by atoms with Crippen molar-refractivity contribution in [1.82, 2.24) is 9.13 Å². The summed E-state index contributed by atoms with van der Waals surface area (Å²) in [6, 6.07) is 4.99. The molecule has 1 aromatic carbocycles. The lowest BCUT2D eigenvalue weighted by atomic mass is 10.1. The molecule has 0 aliphatic carbocycles. The lowest BCUT2D eigenvalue weighted by Crippen LogP contribution is -2.46. The number of rotatable bonds is 8. The molecule has 0 spiro atoms. The fourth-order valence-electron chi connectivity index (χ4n) is 6.39. The van der Waals surface area contributed by atoms with E-state index in [0.29, 0.717) is 16.1 Å². The largest absolute Gasteiger partial charge is 0.388 e. The van der Waals surface area contributed by atoms with Crippen molar-refractivity contribution in [3.05, 3.63) is 33.7 Å². The van der Waals surface area contributed by atoms with Crippen LogP contribution in [0, 0.1) is 0 Å². The Bertz CT molecular complexity index is 1340. The molecule has 14 heteroatoms. The summed E-state index contributed by atoms with van der Waals surface area (Å²) in [5, 5.41) is 23.0. The topological polar surface area (TPSA) is 141 Å². The average Bonchev–Trinajstić information content (AvgIpc) is 3.63. The van der Waals surface area contributed by atoms with E-state index in [4.69, 9.17) is 49.5 Å². The normalized spacial score (nSPS) is 37.0. The fraction of sp³-hybridized carbons (Fsp3) is 0.741. The zero-order valence-corrected chi connectivity index (χ0v) is 24.5. The molecular weight excluding hydrogens is 564 g/mol. The van der Waals surface area contributed by atoms with Gasteiger partial charge < -0.3 is 48.1 Å². The van der Waals surface area contributed by atoms with E-state index in [9.17, 15) is 15.0 Å². The maximum absolute atomic E-state index is 13.8. The molecule has 4 saturated heterocycles. The number of ether oxygens (including phenoxy) is 8. The van der Waals surface area contributed by atoms with E-state index < -0.39 is 78.7 Å². The molecule has 1 aromatic heterocycles. The highest BCUT2D eigenvalue weighted by molar-refractivity contribution is 6.31. The van der Waals surface area contributed by atoms with E-state index in [1.807, 2.05) is 0 Å². The van der Waals surface area contributed by atoms with Gasteiger partial charge in [0.15, 0.2) is 24.2 Å². The second kappa shape index (κ2) is 10.5. The van der Waals surface area contributed by atoms with Crippen LogP contribution in [-0.2, 0) is 51.0 Å².